The van der Waals surface area contributed by atoms with Gasteiger partial charge in [0.15, 0.2) is 0 Å². The molecule has 6 heteroatoms. The Morgan fingerprint density at radius 2 is 2.07 bits per heavy atom. The van der Waals surface area contributed by atoms with E-state index in [1.54, 1.807) is 6.92 Å². The third kappa shape index (κ3) is 7.82. The van der Waals surface area contributed by atoms with Crippen LogP contribution >= 0.6 is 0 Å². The minimum absolute atomic E-state index is 0. The summed E-state index contributed by atoms with van der Waals surface area (Å²) in [6.45, 7) is 3.72. The number of amides is 1. The molecular weight excluding hydrogens is 261 g/mol. The largest absolute Gasteiger partial charge is 0.571 e. The molecule has 0 fully saturated rings. The second kappa shape index (κ2) is 11.5. The summed E-state index contributed by atoms with van der Waals surface area (Å²) < 4.78 is 0. The Morgan fingerprint density at radius 3 is 2.43 bits per heavy atom. The number of hydrogen-bond donors (Lipinski definition) is 2. The Hall–Kier alpha value is 0.454. The van der Waals surface area contributed by atoms with Crippen LogP contribution in [0.3, 0.4) is 0 Å². The van der Waals surface area contributed by atoms with Crippen LogP contribution in [0, 0.1) is 19.3 Å². The summed E-state index contributed by atoms with van der Waals surface area (Å²) in [4.78, 5) is 15.1. The molecule has 0 aromatic rings. The molecule has 1 radical (unpaired) electrons. The average Bonchev–Trinajstić information content (AvgIpc) is 2.04. The number of hydrogen-bond acceptors (Lipinski definition) is 3. The van der Waals surface area contributed by atoms with E-state index in [9.17, 15) is 4.79 Å². The zero-order chi connectivity index (χ0) is 9.56. The van der Waals surface area contributed by atoms with Gasteiger partial charge in [-0.3, -0.25) is 10.1 Å². The van der Waals surface area contributed by atoms with Crippen LogP contribution in [0.25, 0.3) is 5.43 Å². The van der Waals surface area contributed by atoms with Crippen molar-refractivity contribution in [2.75, 3.05) is 13.7 Å². The number of carbonyl (C=O) groups is 1. The van der Waals surface area contributed by atoms with Crippen LogP contribution in [0.2, 0.25) is 0 Å². The quantitative estimate of drug-likeness (QED) is 0.451. The van der Waals surface area contributed by atoms with Crippen molar-refractivity contribution in [2.45, 2.75) is 13.8 Å². The van der Waals surface area contributed by atoms with Gasteiger partial charge in [-0.1, -0.05) is 13.8 Å². The first-order valence-electron chi connectivity index (χ1n) is 3.78. The van der Waals surface area contributed by atoms with Crippen LogP contribution in [0.15, 0.2) is 0 Å². The fourth-order valence-electron chi connectivity index (χ4n) is 0.732. The summed E-state index contributed by atoms with van der Waals surface area (Å²) in [5, 5.41) is 8.14. The van der Waals surface area contributed by atoms with Crippen LogP contribution in [-0.2, 0) is 42.4 Å². The molecular formula is C8H18N2O3Y-2. The first-order chi connectivity index (χ1) is 5.63. The van der Waals surface area contributed by atoms with Crippen molar-refractivity contribution in [2.24, 2.45) is 11.8 Å². The van der Waals surface area contributed by atoms with E-state index in [0.29, 0.717) is 0 Å². The Kier molecular flexibility index (Phi) is 16.4. The maximum absolute atomic E-state index is 11.1. The van der Waals surface area contributed by atoms with Crippen molar-refractivity contribution in [1.82, 2.24) is 5.43 Å². The van der Waals surface area contributed by atoms with Gasteiger partial charge < -0.3 is 18.3 Å². The fourth-order valence-corrected chi connectivity index (χ4v) is 0.732. The molecule has 2 atom stereocenters. The number of rotatable bonds is 5. The smallest absolute Gasteiger partial charge is 0.206 e. The summed E-state index contributed by atoms with van der Waals surface area (Å²) in [6.07, 6.45) is 0. The molecule has 0 saturated carbocycles. The molecule has 0 bridgehead atoms. The molecule has 0 saturated heterocycles. The van der Waals surface area contributed by atoms with E-state index in [1.807, 2.05) is 6.92 Å². The van der Waals surface area contributed by atoms with Gasteiger partial charge in [0.1, 0.15) is 0 Å². The van der Waals surface area contributed by atoms with Crippen LogP contribution in [0.5, 0.6) is 0 Å². The van der Waals surface area contributed by atoms with Gasteiger partial charge in [0.05, 0.1) is 6.61 Å². The standard InChI is InChI=1S/C7H15N2O3.CH3.Y/c1-5(4-12-11)6(2)7(10)9-8-3;;/h5-6,11H,4H2,1-3H3,(H,9,10);1H3;/q2*-1;/t5-,6-;;/m1../s1. The van der Waals surface area contributed by atoms with E-state index in [4.69, 9.17) is 5.26 Å². The van der Waals surface area contributed by atoms with Crippen molar-refractivity contribution in [1.29, 1.82) is 0 Å². The number of carbonyl (C=O) groups excluding carboxylic acids is 1. The number of nitrogens with zero attached hydrogens (tertiary/aromatic N) is 1. The minimum Gasteiger partial charge on any atom is -0.571 e. The van der Waals surface area contributed by atoms with Gasteiger partial charge in [-0.25, -0.2) is 4.89 Å². The summed E-state index contributed by atoms with van der Waals surface area (Å²) in [7, 11) is 1.50. The van der Waals surface area contributed by atoms with Gasteiger partial charge in [-0.2, -0.15) is 0 Å². The summed E-state index contributed by atoms with van der Waals surface area (Å²) in [5.74, 6) is -0.417. The molecule has 0 unspecified atom stereocenters. The molecule has 5 nitrogen and oxygen atoms in total. The van der Waals surface area contributed by atoms with E-state index in [2.05, 4.69) is 15.7 Å². The molecule has 0 aliphatic carbocycles. The first kappa shape index (κ1) is 19.9. The second-order valence-electron chi connectivity index (χ2n) is 2.76. The second-order valence-corrected chi connectivity index (χ2v) is 2.76. The van der Waals surface area contributed by atoms with Crippen LogP contribution in [-0.4, -0.2) is 24.8 Å². The molecule has 1 amide bonds. The van der Waals surface area contributed by atoms with Crippen molar-refractivity contribution in [3.05, 3.63) is 12.9 Å². The molecule has 0 heterocycles. The molecule has 0 aliphatic rings. The van der Waals surface area contributed by atoms with Crippen molar-refractivity contribution in [3.63, 3.8) is 0 Å². The predicted molar refractivity (Wildman–Crippen MR) is 50.7 cm³/mol. The Balaban J connectivity index is -0.000000605. The Bertz CT molecular complexity index is 147. The monoisotopic (exact) mass is 279 g/mol. The molecule has 14 heavy (non-hydrogen) atoms. The normalized spacial score (nSPS) is 13.1. The first-order valence-corrected chi connectivity index (χ1v) is 3.78. The van der Waals surface area contributed by atoms with Crippen molar-refractivity contribution >= 4 is 5.91 Å². The van der Waals surface area contributed by atoms with Crippen LogP contribution in [0.1, 0.15) is 13.8 Å². The third-order valence-corrected chi connectivity index (χ3v) is 1.83. The minimum atomic E-state index is -0.221. The van der Waals surface area contributed by atoms with Crippen LogP contribution in [0.4, 0.5) is 0 Å². The maximum atomic E-state index is 11.1. The van der Waals surface area contributed by atoms with E-state index in [1.165, 1.54) is 7.05 Å². The van der Waals surface area contributed by atoms with Gasteiger partial charge in [-0.05, 0) is 5.92 Å². The van der Waals surface area contributed by atoms with Gasteiger partial charge in [-0.15, -0.1) is 7.05 Å². The Labute approximate surface area is 111 Å². The van der Waals surface area contributed by atoms with E-state index < -0.39 is 0 Å². The van der Waals surface area contributed by atoms with Gasteiger partial charge in [0.25, 0.3) is 0 Å². The topological polar surface area (TPSA) is 72.7 Å². The van der Waals surface area contributed by atoms with Gasteiger partial charge in [0.2, 0.25) is 5.91 Å². The zero-order valence-corrected chi connectivity index (χ0v) is 12.0. The predicted octanol–water partition coefficient (Wildman–Crippen LogP) is 1.23. The third-order valence-electron chi connectivity index (χ3n) is 1.83. The summed E-state index contributed by atoms with van der Waals surface area (Å²) >= 11 is 0. The fraction of sp³-hybridized carbons (Fsp3) is 0.750. The molecule has 0 aromatic carbocycles. The van der Waals surface area contributed by atoms with Gasteiger partial charge >= 0.3 is 0 Å². The molecule has 0 rings (SSSR count). The SMILES string of the molecule is C[N-]NC(=O)[C@H](C)[C@H](C)COO.[CH3-].[Y]. The van der Waals surface area contributed by atoms with E-state index in [-0.39, 0.29) is 64.5 Å². The van der Waals surface area contributed by atoms with Crippen molar-refractivity contribution < 1.29 is 47.6 Å². The van der Waals surface area contributed by atoms with Gasteiger partial charge in [0, 0.05) is 38.6 Å². The van der Waals surface area contributed by atoms with E-state index in [0.717, 1.165) is 0 Å². The molecule has 0 spiro atoms. The zero-order valence-electron chi connectivity index (χ0n) is 9.15. The molecule has 0 aliphatic heterocycles. The molecule has 2 N–H and O–H groups in total. The maximum Gasteiger partial charge on any atom is 0.206 e. The van der Waals surface area contributed by atoms with Crippen LogP contribution < -0.4 is 5.43 Å². The summed E-state index contributed by atoms with van der Waals surface area (Å²) in [5.41, 5.74) is 5.83. The number of nitrogens with one attached hydrogen (secondary N) is 1. The van der Waals surface area contributed by atoms with E-state index >= 15 is 0 Å². The van der Waals surface area contributed by atoms with Crippen molar-refractivity contribution in [3.8, 4) is 0 Å². The summed E-state index contributed by atoms with van der Waals surface area (Å²) in [6, 6.07) is 0. The molecule has 83 valence electrons. The average molecular weight is 279 g/mol. The molecule has 0 aromatic heterocycles. The Morgan fingerprint density at radius 1 is 1.57 bits per heavy atom.